The quantitative estimate of drug-likeness (QED) is 0.905. The predicted octanol–water partition coefficient (Wildman–Crippen LogP) is 2.64. The summed E-state index contributed by atoms with van der Waals surface area (Å²) in [4.78, 5) is 16.1. The van der Waals surface area contributed by atoms with Gasteiger partial charge in [-0.15, -0.1) is 0 Å². The minimum absolute atomic E-state index is 0.0794. The van der Waals surface area contributed by atoms with Gasteiger partial charge in [-0.1, -0.05) is 26.8 Å². The van der Waals surface area contributed by atoms with Crippen LogP contribution in [0.1, 0.15) is 38.2 Å². The minimum Gasteiger partial charge on any atom is -0.348 e. The van der Waals surface area contributed by atoms with E-state index in [1.165, 1.54) is 4.40 Å². The van der Waals surface area contributed by atoms with Gasteiger partial charge in [-0.05, 0) is 24.5 Å². The van der Waals surface area contributed by atoms with E-state index in [0.29, 0.717) is 5.65 Å². The Balaban J connectivity index is 2.30. The smallest absolute Gasteiger partial charge is 0.274 e. The van der Waals surface area contributed by atoms with Crippen molar-refractivity contribution in [1.29, 1.82) is 0 Å². The fourth-order valence-corrected chi connectivity index (χ4v) is 1.59. The topological polar surface area (TPSA) is 46.4 Å². The van der Waals surface area contributed by atoms with Gasteiger partial charge in [-0.3, -0.25) is 9.20 Å². The maximum atomic E-state index is 14.1. The van der Waals surface area contributed by atoms with Crippen LogP contribution in [0.2, 0.25) is 0 Å². The highest BCUT2D eigenvalue weighted by atomic mass is 19.1. The molecule has 1 N–H and O–H groups in total. The normalized spacial score (nSPS) is 13.5. The van der Waals surface area contributed by atoms with Gasteiger partial charge in [0.15, 0.2) is 5.69 Å². The molecule has 2 aromatic heterocycles. The molecule has 0 radical (unpaired) electrons. The van der Waals surface area contributed by atoms with Crippen molar-refractivity contribution in [3.63, 3.8) is 0 Å². The van der Waals surface area contributed by atoms with Crippen molar-refractivity contribution >= 4 is 11.6 Å². The number of rotatable bonds is 2. The van der Waals surface area contributed by atoms with E-state index in [1.807, 2.05) is 27.7 Å². The fraction of sp³-hybridized carbons (Fsp3) is 0.429. The molecule has 0 fully saturated rings. The monoisotopic (exact) mass is 263 g/mol. The first kappa shape index (κ1) is 13.5. The molecule has 2 aromatic rings. The summed E-state index contributed by atoms with van der Waals surface area (Å²) in [6, 6.07) is 5.02. The number of aromatic nitrogens is 2. The summed E-state index contributed by atoms with van der Waals surface area (Å²) in [5, 5.41) is 2.78. The summed E-state index contributed by atoms with van der Waals surface area (Å²) in [5.74, 6) is -1.11. The summed E-state index contributed by atoms with van der Waals surface area (Å²) in [6.45, 7) is 7.93. The number of nitrogens with zero attached hydrogens (tertiary/aromatic N) is 2. The number of amides is 1. The number of pyridine rings is 1. The standard InChI is InChI=1S/C14H18FN3O/c1-9(14(2,3)4)16-13(19)11-12(15)18-8-6-5-7-10(18)17-11/h5-9H,1-4H3,(H,16,19)/t9-/m0/s1. The van der Waals surface area contributed by atoms with Gasteiger partial charge in [-0.25, -0.2) is 4.98 Å². The van der Waals surface area contributed by atoms with Crippen LogP contribution in [0.25, 0.3) is 5.65 Å². The van der Waals surface area contributed by atoms with Crippen LogP contribution in [-0.4, -0.2) is 21.3 Å². The highest BCUT2D eigenvalue weighted by Crippen LogP contribution is 2.19. The molecule has 102 valence electrons. The molecule has 0 aliphatic carbocycles. The molecule has 5 heteroatoms. The molecule has 0 bridgehead atoms. The molecule has 0 aliphatic rings. The molecule has 4 nitrogen and oxygen atoms in total. The maximum absolute atomic E-state index is 14.1. The lowest BCUT2D eigenvalue weighted by Crippen LogP contribution is -2.41. The van der Waals surface area contributed by atoms with Gasteiger partial charge in [0.1, 0.15) is 5.65 Å². The van der Waals surface area contributed by atoms with Gasteiger partial charge in [0.05, 0.1) is 0 Å². The Morgan fingerprint density at radius 1 is 1.42 bits per heavy atom. The van der Waals surface area contributed by atoms with Crippen molar-refractivity contribution in [3.8, 4) is 0 Å². The van der Waals surface area contributed by atoms with E-state index in [4.69, 9.17) is 0 Å². The summed E-state index contributed by atoms with van der Waals surface area (Å²) >= 11 is 0. The molecule has 1 amide bonds. The number of imidazole rings is 1. The van der Waals surface area contributed by atoms with E-state index in [0.717, 1.165) is 0 Å². The van der Waals surface area contributed by atoms with Crippen molar-refractivity contribution < 1.29 is 9.18 Å². The van der Waals surface area contributed by atoms with Gasteiger partial charge < -0.3 is 5.32 Å². The molecule has 0 spiro atoms. The van der Waals surface area contributed by atoms with Crippen LogP contribution in [0.5, 0.6) is 0 Å². The average molecular weight is 263 g/mol. The van der Waals surface area contributed by atoms with Crippen LogP contribution in [0.3, 0.4) is 0 Å². The highest BCUT2D eigenvalue weighted by molar-refractivity contribution is 5.93. The molecule has 0 saturated heterocycles. The van der Waals surface area contributed by atoms with E-state index >= 15 is 0 Å². The van der Waals surface area contributed by atoms with Crippen molar-refractivity contribution in [2.75, 3.05) is 0 Å². The van der Waals surface area contributed by atoms with Gasteiger partial charge >= 0.3 is 0 Å². The van der Waals surface area contributed by atoms with Crippen LogP contribution < -0.4 is 5.32 Å². The van der Waals surface area contributed by atoms with Crippen LogP contribution in [0, 0.1) is 11.4 Å². The molecular weight excluding hydrogens is 245 g/mol. The van der Waals surface area contributed by atoms with Gasteiger partial charge in [0.2, 0.25) is 5.95 Å². The molecule has 2 rings (SSSR count). The van der Waals surface area contributed by atoms with E-state index in [1.54, 1.807) is 24.4 Å². The number of fused-ring (bicyclic) bond motifs is 1. The number of halogens is 1. The summed E-state index contributed by atoms with van der Waals surface area (Å²) in [7, 11) is 0. The molecular formula is C14H18FN3O. The molecule has 0 aliphatic heterocycles. The second-order valence-corrected chi connectivity index (χ2v) is 5.74. The summed E-state index contributed by atoms with van der Waals surface area (Å²) in [5.41, 5.74) is 0.168. The first-order chi connectivity index (χ1) is 8.80. The van der Waals surface area contributed by atoms with Crippen LogP contribution >= 0.6 is 0 Å². The molecule has 0 saturated carbocycles. The maximum Gasteiger partial charge on any atom is 0.274 e. The van der Waals surface area contributed by atoms with Crippen molar-refractivity contribution in [2.45, 2.75) is 33.7 Å². The number of carbonyl (C=O) groups is 1. The lowest BCUT2D eigenvalue weighted by atomic mass is 9.88. The molecule has 2 heterocycles. The Bertz CT molecular complexity index is 613. The van der Waals surface area contributed by atoms with Gasteiger partial charge in [0, 0.05) is 12.2 Å². The zero-order chi connectivity index (χ0) is 14.2. The van der Waals surface area contributed by atoms with Crippen molar-refractivity contribution in [3.05, 3.63) is 36.0 Å². The highest BCUT2D eigenvalue weighted by Gasteiger charge is 2.25. The number of hydrogen-bond donors (Lipinski definition) is 1. The zero-order valence-electron chi connectivity index (χ0n) is 11.6. The van der Waals surface area contributed by atoms with E-state index in [2.05, 4.69) is 10.3 Å². The molecule has 0 aromatic carbocycles. The Kier molecular flexibility index (Phi) is 3.30. The van der Waals surface area contributed by atoms with E-state index in [9.17, 15) is 9.18 Å². The van der Waals surface area contributed by atoms with Crippen LogP contribution in [0.4, 0.5) is 4.39 Å². The SMILES string of the molecule is C[C@H](NC(=O)c1nc2ccccn2c1F)C(C)(C)C. The second-order valence-electron chi connectivity index (χ2n) is 5.74. The number of hydrogen-bond acceptors (Lipinski definition) is 2. The average Bonchev–Trinajstić information content (AvgIpc) is 2.66. The Morgan fingerprint density at radius 3 is 2.68 bits per heavy atom. The third-order valence-electron chi connectivity index (χ3n) is 3.33. The summed E-state index contributed by atoms with van der Waals surface area (Å²) in [6.07, 6.45) is 1.54. The van der Waals surface area contributed by atoms with Gasteiger partial charge in [-0.2, -0.15) is 4.39 Å². The third-order valence-corrected chi connectivity index (χ3v) is 3.33. The molecule has 19 heavy (non-hydrogen) atoms. The number of carbonyl (C=O) groups excluding carboxylic acids is 1. The lowest BCUT2D eigenvalue weighted by molar-refractivity contribution is 0.0901. The van der Waals surface area contributed by atoms with E-state index < -0.39 is 11.9 Å². The van der Waals surface area contributed by atoms with Crippen LogP contribution in [0.15, 0.2) is 24.4 Å². The van der Waals surface area contributed by atoms with E-state index in [-0.39, 0.29) is 17.2 Å². The first-order valence-electron chi connectivity index (χ1n) is 6.24. The first-order valence-corrected chi connectivity index (χ1v) is 6.24. The zero-order valence-corrected chi connectivity index (χ0v) is 11.6. The van der Waals surface area contributed by atoms with Crippen molar-refractivity contribution in [1.82, 2.24) is 14.7 Å². The fourth-order valence-electron chi connectivity index (χ4n) is 1.59. The molecule has 1 atom stereocenters. The molecule has 0 unspecified atom stereocenters. The number of nitrogens with one attached hydrogen (secondary N) is 1. The van der Waals surface area contributed by atoms with Crippen molar-refractivity contribution in [2.24, 2.45) is 5.41 Å². The Morgan fingerprint density at radius 2 is 2.11 bits per heavy atom. The van der Waals surface area contributed by atoms with Crippen LogP contribution in [-0.2, 0) is 0 Å². The summed E-state index contributed by atoms with van der Waals surface area (Å²) < 4.78 is 15.3. The largest absolute Gasteiger partial charge is 0.348 e. The second kappa shape index (κ2) is 4.64. The van der Waals surface area contributed by atoms with Gasteiger partial charge in [0.25, 0.3) is 5.91 Å². The minimum atomic E-state index is -0.630. The Hall–Kier alpha value is -1.91. The Labute approximate surface area is 111 Å². The lowest BCUT2D eigenvalue weighted by Gasteiger charge is -2.27. The predicted molar refractivity (Wildman–Crippen MR) is 71.5 cm³/mol. The third kappa shape index (κ3) is 2.59.